The van der Waals surface area contributed by atoms with E-state index in [4.69, 9.17) is 5.84 Å². The lowest BCUT2D eigenvalue weighted by Gasteiger charge is -2.26. The van der Waals surface area contributed by atoms with Crippen LogP contribution in [-0.2, 0) is 0 Å². The van der Waals surface area contributed by atoms with Gasteiger partial charge in [-0.3, -0.25) is 15.6 Å². The van der Waals surface area contributed by atoms with E-state index in [1.807, 2.05) is 25.7 Å². The van der Waals surface area contributed by atoms with Gasteiger partial charge in [-0.05, 0) is 32.4 Å². The molecule has 0 saturated heterocycles. The van der Waals surface area contributed by atoms with Crippen molar-refractivity contribution in [3.8, 4) is 0 Å². The summed E-state index contributed by atoms with van der Waals surface area (Å²) in [7, 11) is 0. The summed E-state index contributed by atoms with van der Waals surface area (Å²) in [6.07, 6.45) is 2.51. The molecule has 0 unspecified atom stereocenters. The van der Waals surface area contributed by atoms with Crippen molar-refractivity contribution in [2.24, 2.45) is 5.84 Å². The number of hydrazine groups is 1. The normalized spacial score (nSPS) is 10.4. The quantitative estimate of drug-likeness (QED) is 0.602. The van der Waals surface area contributed by atoms with Crippen LogP contribution in [-0.4, -0.2) is 28.4 Å². The van der Waals surface area contributed by atoms with Gasteiger partial charge >= 0.3 is 0 Å². The first-order valence-electron chi connectivity index (χ1n) is 5.83. The van der Waals surface area contributed by atoms with E-state index in [-0.39, 0.29) is 11.9 Å². The molecule has 0 fully saturated rings. The SMILES string of the molecule is CCCN(C(=O)c1cc(NN)ccn1)C(C)C. The highest BCUT2D eigenvalue weighted by Gasteiger charge is 2.19. The summed E-state index contributed by atoms with van der Waals surface area (Å²) in [5.41, 5.74) is 3.61. The van der Waals surface area contributed by atoms with Gasteiger partial charge in [-0.1, -0.05) is 6.92 Å². The van der Waals surface area contributed by atoms with E-state index in [9.17, 15) is 4.79 Å². The summed E-state index contributed by atoms with van der Waals surface area (Å²) >= 11 is 0. The maximum absolute atomic E-state index is 12.2. The molecule has 0 atom stereocenters. The molecule has 0 aliphatic rings. The molecular weight excluding hydrogens is 216 g/mol. The Morgan fingerprint density at radius 3 is 2.82 bits per heavy atom. The van der Waals surface area contributed by atoms with Crippen molar-refractivity contribution in [1.82, 2.24) is 9.88 Å². The number of pyridine rings is 1. The van der Waals surface area contributed by atoms with Crippen molar-refractivity contribution < 1.29 is 4.79 Å². The summed E-state index contributed by atoms with van der Waals surface area (Å²) in [6.45, 7) is 6.78. The largest absolute Gasteiger partial charge is 0.335 e. The summed E-state index contributed by atoms with van der Waals surface area (Å²) < 4.78 is 0. The van der Waals surface area contributed by atoms with Crippen molar-refractivity contribution in [1.29, 1.82) is 0 Å². The average Bonchev–Trinajstić information content (AvgIpc) is 2.34. The first kappa shape index (κ1) is 13.4. The van der Waals surface area contributed by atoms with Crippen molar-refractivity contribution in [2.45, 2.75) is 33.2 Å². The Morgan fingerprint density at radius 2 is 2.29 bits per heavy atom. The van der Waals surface area contributed by atoms with Gasteiger partial charge in [0.1, 0.15) is 5.69 Å². The number of nitrogens with two attached hydrogens (primary N) is 1. The van der Waals surface area contributed by atoms with Crippen molar-refractivity contribution in [2.75, 3.05) is 12.0 Å². The monoisotopic (exact) mass is 236 g/mol. The van der Waals surface area contributed by atoms with Crippen LogP contribution in [0, 0.1) is 0 Å². The lowest BCUT2D eigenvalue weighted by molar-refractivity contribution is 0.0700. The summed E-state index contributed by atoms with van der Waals surface area (Å²) in [5.74, 6) is 5.25. The predicted molar refractivity (Wildman–Crippen MR) is 68.5 cm³/mol. The molecule has 1 heterocycles. The zero-order chi connectivity index (χ0) is 12.8. The summed E-state index contributed by atoms with van der Waals surface area (Å²) in [6, 6.07) is 3.54. The van der Waals surface area contributed by atoms with Gasteiger partial charge in [0, 0.05) is 18.8 Å². The average molecular weight is 236 g/mol. The lowest BCUT2D eigenvalue weighted by atomic mass is 10.2. The number of aromatic nitrogens is 1. The Labute approximate surface area is 102 Å². The third kappa shape index (κ3) is 3.42. The molecule has 1 rings (SSSR count). The molecule has 1 aromatic rings. The Balaban J connectivity index is 2.92. The van der Waals surface area contributed by atoms with E-state index in [0.717, 1.165) is 13.0 Å². The van der Waals surface area contributed by atoms with Crippen LogP contribution in [0.2, 0.25) is 0 Å². The molecule has 1 aromatic heterocycles. The molecular formula is C12H20N4O. The number of anilines is 1. The van der Waals surface area contributed by atoms with E-state index in [1.54, 1.807) is 18.3 Å². The molecule has 5 heteroatoms. The van der Waals surface area contributed by atoms with Crippen molar-refractivity contribution in [3.05, 3.63) is 24.0 Å². The van der Waals surface area contributed by atoms with Crippen molar-refractivity contribution in [3.63, 3.8) is 0 Å². The maximum atomic E-state index is 12.2. The van der Waals surface area contributed by atoms with E-state index >= 15 is 0 Å². The number of nitrogens with zero attached hydrogens (tertiary/aromatic N) is 2. The van der Waals surface area contributed by atoms with Gasteiger partial charge in [-0.2, -0.15) is 0 Å². The fraction of sp³-hybridized carbons (Fsp3) is 0.500. The Morgan fingerprint density at radius 1 is 1.59 bits per heavy atom. The second-order valence-electron chi connectivity index (χ2n) is 4.17. The topological polar surface area (TPSA) is 71.2 Å². The predicted octanol–water partition coefficient (Wildman–Crippen LogP) is 1.63. The van der Waals surface area contributed by atoms with Crippen molar-refractivity contribution >= 4 is 11.6 Å². The fourth-order valence-corrected chi connectivity index (χ4v) is 1.62. The van der Waals surface area contributed by atoms with Crippen LogP contribution >= 0.6 is 0 Å². The van der Waals surface area contributed by atoms with Crippen LogP contribution in [0.3, 0.4) is 0 Å². The lowest BCUT2D eigenvalue weighted by Crippen LogP contribution is -2.38. The number of hydrogen-bond donors (Lipinski definition) is 2. The van der Waals surface area contributed by atoms with Crippen LogP contribution in [0.1, 0.15) is 37.7 Å². The highest BCUT2D eigenvalue weighted by molar-refractivity contribution is 5.93. The molecule has 94 valence electrons. The maximum Gasteiger partial charge on any atom is 0.272 e. The third-order valence-corrected chi connectivity index (χ3v) is 2.49. The number of nitrogens with one attached hydrogen (secondary N) is 1. The van der Waals surface area contributed by atoms with Crippen LogP contribution in [0.5, 0.6) is 0 Å². The number of hydrogen-bond acceptors (Lipinski definition) is 4. The number of amides is 1. The molecule has 0 aromatic carbocycles. The zero-order valence-electron chi connectivity index (χ0n) is 10.6. The summed E-state index contributed by atoms with van der Waals surface area (Å²) in [5, 5.41) is 0. The molecule has 0 spiro atoms. The minimum Gasteiger partial charge on any atom is -0.335 e. The Bertz CT molecular complexity index is 379. The first-order chi connectivity index (χ1) is 8.10. The first-order valence-corrected chi connectivity index (χ1v) is 5.83. The van der Waals surface area contributed by atoms with Gasteiger partial charge in [-0.15, -0.1) is 0 Å². The number of carbonyl (C=O) groups excluding carboxylic acids is 1. The van der Waals surface area contributed by atoms with Crippen LogP contribution < -0.4 is 11.3 Å². The molecule has 3 N–H and O–H groups in total. The van der Waals surface area contributed by atoms with E-state index < -0.39 is 0 Å². The summed E-state index contributed by atoms with van der Waals surface area (Å²) in [4.78, 5) is 18.1. The van der Waals surface area contributed by atoms with Gasteiger partial charge in [0.2, 0.25) is 0 Å². The Hall–Kier alpha value is -1.62. The van der Waals surface area contributed by atoms with E-state index in [1.165, 1.54) is 0 Å². The van der Waals surface area contributed by atoms with Gasteiger partial charge < -0.3 is 10.3 Å². The molecule has 5 nitrogen and oxygen atoms in total. The number of carbonyl (C=O) groups is 1. The van der Waals surface area contributed by atoms with Crippen LogP contribution in [0.15, 0.2) is 18.3 Å². The molecule has 0 radical (unpaired) electrons. The smallest absolute Gasteiger partial charge is 0.272 e. The minimum atomic E-state index is -0.0565. The minimum absolute atomic E-state index is 0.0565. The van der Waals surface area contributed by atoms with E-state index in [0.29, 0.717) is 11.4 Å². The highest BCUT2D eigenvalue weighted by Crippen LogP contribution is 2.11. The molecule has 17 heavy (non-hydrogen) atoms. The molecule has 1 amide bonds. The number of rotatable bonds is 5. The molecule has 0 aliphatic carbocycles. The van der Waals surface area contributed by atoms with Crippen LogP contribution in [0.4, 0.5) is 5.69 Å². The highest BCUT2D eigenvalue weighted by atomic mass is 16.2. The van der Waals surface area contributed by atoms with Gasteiger partial charge in [-0.25, -0.2) is 0 Å². The zero-order valence-corrected chi connectivity index (χ0v) is 10.6. The third-order valence-electron chi connectivity index (χ3n) is 2.49. The molecule has 0 saturated carbocycles. The van der Waals surface area contributed by atoms with Crippen LogP contribution in [0.25, 0.3) is 0 Å². The van der Waals surface area contributed by atoms with E-state index in [2.05, 4.69) is 10.4 Å². The van der Waals surface area contributed by atoms with Gasteiger partial charge in [0.05, 0.1) is 5.69 Å². The molecule has 0 bridgehead atoms. The standard InChI is InChI=1S/C12H20N4O/c1-4-7-16(9(2)3)12(17)11-8-10(15-13)5-6-14-11/h5-6,8-9H,4,7,13H2,1-3H3,(H,14,15). The molecule has 0 aliphatic heterocycles. The van der Waals surface area contributed by atoms with Gasteiger partial charge in [0.15, 0.2) is 0 Å². The van der Waals surface area contributed by atoms with Gasteiger partial charge in [0.25, 0.3) is 5.91 Å². The Kier molecular flexibility index (Phi) is 4.90. The second kappa shape index (κ2) is 6.20. The number of nitrogen functional groups attached to an aromatic ring is 1. The second-order valence-corrected chi connectivity index (χ2v) is 4.17. The fourth-order valence-electron chi connectivity index (χ4n) is 1.62.